The maximum Gasteiger partial charge on any atom is 0.262 e. The van der Waals surface area contributed by atoms with Crippen LogP contribution in [0.3, 0.4) is 0 Å². The third kappa shape index (κ3) is 2.34. The minimum atomic E-state index is 0.450. The van der Waals surface area contributed by atoms with E-state index in [9.17, 15) is 0 Å². The van der Waals surface area contributed by atoms with Crippen LogP contribution in [0.5, 0.6) is 17.4 Å². The molecule has 0 fully saturated rings. The Morgan fingerprint density at radius 2 is 1.80 bits per heavy atom. The summed E-state index contributed by atoms with van der Waals surface area (Å²) in [5.41, 5.74) is 0. The van der Waals surface area contributed by atoms with Crippen LogP contribution in [-0.2, 0) is 0 Å². The minimum Gasteiger partial charge on any atom is -0.491 e. The summed E-state index contributed by atoms with van der Waals surface area (Å²) in [6, 6.07) is 15.7. The van der Waals surface area contributed by atoms with Gasteiger partial charge in [-0.1, -0.05) is 30.3 Å². The molecule has 2 aromatic carbocycles. The summed E-state index contributed by atoms with van der Waals surface area (Å²) in [5, 5.41) is 2.25. The van der Waals surface area contributed by atoms with E-state index in [0.29, 0.717) is 17.4 Å². The second kappa shape index (κ2) is 5.51. The number of nitrogens with zero attached hydrogens (tertiary/aromatic N) is 1. The van der Waals surface area contributed by atoms with E-state index in [1.54, 1.807) is 19.4 Å². The summed E-state index contributed by atoms with van der Waals surface area (Å²) in [5.74, 6) is 1.76. The van der Waals surface area contributed by atoms with Crippen molar-refractivity contribution < 1.29 is 9.47 Å². The first-order chi connectivity index (χ1) is 9.79. The minimum absolute atomic E-state index is 0.450. The highest BCUT2D eigenvalue weighted by Gasteiger charge is 2.10. The second-order valence-corrected chi connectivity index (χ2v) is 5.00. The molecule has 0 saturated heterocycles. The molecular formula is C16H12BrNO2. The predicted molar refractivity (Wildman–Crippen MR) is 82.5 cm³/mol. The predicted octanol–water partition coefficient (Wildman–Crippen LogP) is 4.80. The van der Waals surface area contributed by atoms with Crippen LogP contribution < -0.4 is 9.47 Å². The van der Waals surface area contributed by atoms with E-state index in [1.807, 2.05) is 36.4 Å². The molecule has 0 spiro atoms. The van der Waals surface area contributed by atoms with Gasteiger partial charge < -0.3 is 9.47 Å². The molecule has 0 saturated carbocycles. The van der Waals surface area contributed by atoms with Crippen molar-refractivity contribution in [1.29, 1.82) is 0 Å². The zero-order valence-electron chi connectivity index (χ0n) is 10.8. The smallest absolute Gasteiger partial charge is 0.262 e. The highest BCUT2D eigenvalue weighted by molar-refractivity contribution is 9.10. The van der Waals surface area contributed by atoms with Gasteiger partial charge in [-0.05, 0) is 44.9 Å². The number of hydrogen-bond donors (Lipinski definition) is 0. The molecule has 0 atom stereocenters. The van der Waals surface area contributed by atoms with Gasteiger partial charge in [-0.2, -0.15) is 0 Å². The topological polar surface area (TPSA) is 31.4 Å². The van der Waals surface area contributed by atoms with Crippen LogP contribution >= 0.6 is 15.9 Å². The lowest BCUT2D eigenvalue weighted by Crippen LogP contribution is -1.93. The second-order valence-electron chi connectivity index (χ2n) is 4.21. The van der Waals surface area contributed by atoms with E-state index in [4.69, 9.17) is 9.47 Å². The summed E-state index contributed by atoms with van der Waals surface area (Å²) in [7, 11) is 1.60. The Kier molecular flexibility index (Phi) is 3.56. The first kappa shape index (κ1) is 12.9. The number of methoxy groups -OCH3 is 1. The van der Waals surface area contributed by atoms with E-state index < -0.39 is 0 Å². The third-order valence-electron chi connectivity index (χ3n) is 2.99. The molecule has 0 aliphatic carbocycles. The van der Waals surface area contributed by atoms with Crippen molar-refractivity contribution in [1.82, 2.24) is 4.98 Å². The molecule has 3 rings (SSSR count). The van der Waals surface area contributed by atoms with E-state index >= 15 is 0 Å². The maximum atomic E-state index is 5.86. The fraction of sp³-hybridized carbons (Fsp3) is 0.0625. The van der Waals surface area contributed by atoms with Gasteiger partial charge in [0.25, 0.3) is 5.88 Å². The van der Waals surface area contributed by atoms with Gasteiger partial charge in [-0.15, -0.1) is 0 Å². The van der Waals surface area contributed by atoms with Crippen LogP contribution in [0.4, 0.5) is 0 Å². The SMILES string of the molecule is COc1cccnc1Oc1ccc2ccccc2c1Br. The average Bonchev–Trinajstić information content (AvgIpc) is 2.51. The molecule has 1 aromatic heterocycles. The highest BCUT2D eigenvalue weighted by Crippen LogP contribution is 2.37. The van der Waals surface area contributed by atoms with E-state index in [-0.39, 0.29) is 0 Å². The standard InChI is InChI=1S/C16H12BrNO2/c1-19-14-7-4-10-18-16(14)20-13-9-8-11-5-2-3-6-12(11)15(13)17/h2-10H,1H3. The normalized spacial score (nSPS) is 10.5. The van der Waals surface area contributed by atoms with Crippen molar-refractivity contribution in [2.75, 3.05) is 7.11 Å². The number of hydrogen-bond acceptors (Lipinski definition) is 3. The number of ether oxygens (including phenoxy) is 2. The molecule has 0 aliphatic heterocycles. The summed E-state index contributed by atoms with van der Waals surface area (Å²) < 4.78 is 12.0. The van der Waals surface area contributed by atoms with Crippen LogP contribution in [0.2, 0.25) is 0 Å². The Hall–Kier alpha value is -2.07. The highest BCUT2D eigenvalue weighted by atomic mass is 79.9. The molecule has 0 unspecified atom stereocenters. The quantitative estimate of drug-likeness (QED) is 0.691. The van der Waals surface area contributed by atoms with E-state index in [1.165, 1.54) is 0 Å². The average molecular weight is 330 g/mol. The van der Waals surface area contributed by atoms with Gasteiger partial charge in [0, 0.05) is 6.20 Å². The third-order valence-corrected chi connectivity index (χ3v) is 3.81. The molecule has 20 heavy (non-hydrogen) atoms. The van der Waals surface area contributed by atoms with Gasteiger partial charge in [0.15, 0.2) is 5.75 Å². The van der Waals surface area contributed by atoms with Crippen LogP contribution in [-0.4, -0.2) is 12.1 Å². The van der Waals surface area contributed by atoms with Crippen molar-refractivity contribution in [3.8, 4) is 17.4 Å². The zero-order valence-corrected chi connectivity index (χ0v) is 12.4. The Balaban J connectivity index is 2.05. The molecule has 0 N–H and O–H groups in total. The largest absolute Gasteiger partial charge is 0.491 e. The van der Waals surface area contributed by atoms with Gasteiger partial charge in [0.1, 0.15) is 5.75 Å². The Labute approximate surface area is 125 Å². The number of aromatic nitrogens is 1. The van der Waals surface area contributed by atoms with Crippen molar-refractivity contribution in [3.63, 3.8) is 0 Å². The van der Waals surface area contributed by atoms with E-state index in [2.05, 4.69) is 27.0 Å². The lowest BCUT2D eigenvalue weighted by Gasteiger charge is -2.11. The fourth-order valence-corrected chi connectivity index (χ4v) is 2.58. The van der Waals surface area contributed by atoms with Crippen LogP contribution in [0.25, 0.3) is 10.8 Å². The van der Waals surface area contributed by atoms with Crippen LogP contribution in [0, 0.1) is 0 Å². The lowest BCUT2D eigenvalue weighted by atomic mass is 10.1. The van der Waals surface area contributed by atoms with E-state index in [0.717, 1.165) is 15.2 Å². The summed E-state index contributed by atoms with van der Waals surface area (Å²) in [6.07, 6.45) is 1.67. The number of halogens is 1. The Morgan fingerprint density at radius 1 is 0.950 bits per heavy atom. The summed E-state index contributed by atoms with van der Waals surface area (Å²) in [6.45, 7) is 0. The van der Waals surface area contributed by atoms with Crippen molar-refractivity contribution in [2.24, 2.45) is 0 Å². The van der Waals surface area contributed by atoms with Gasteiger partial charge >= 0.3 is 0 Å². The number of fused-ring (bicyclic) bond motifs is 1. The van der Waals surface area contributed by atoms with Crippen LogP contribution in [0.15, 0.2) is 59.2 Å². The summed E-state index contributed by atoms with van der Waals surface area (Å²) >= 11 is 3.59. The monoisotopic (exact) mass is 329 g/mol. The van der Waals surface area contributed by atoms with Crippen LogP contribution in [0.1, 0.15) is 0 Å². The molecule has 0 bridgehead atoms. The van der Waals surface area contributed by atoms with Gasteiger partial charge in [-0.25, -0.2) is 4.98 Å². The zero-order chi connectivity index (χ0) is 13.9. The number of benzene rings is 2. The Bertz CT molecular complexity index is 758. The molecule has 0 radical (unpaired) electrons. The Morgan fingerprint density at radius 3 is 2.65 bits per heavy atom. The molecular weight excluding hydrogens is 318 g/mol. The molecule has 1 heterocycles. The molecule has 100 valence electrons. The molecule has 4 heteroatoms. The van der Waals surface area contributed by atoms with Gasteiger partial charge in [0.05, 0.1) is 11.6 Å². The molecule has 3 aromatic rings. The summed E-state index contributed by atoms with van der Waals surface area (Å²) in [4.78, 5) is 4.20. The number of pyridine rings is 1. The molecule has 0 amide bonds. The first-order valence-corrected chi connectivity index (χ1v) is 6.93. The van der Waals surface area contributed by atoms with Crippen molar-refractivity contribution >= 4 is 26.7 Å². The van der Waals surface area contributed by atoms with Crippen molar-refractivity contribution in [3.05, 3.63) is 59.2 Å². The fourth-order valence-electron chi connectivity index (χ4n) is 2.00. The molecule has 3 nitrogen and oxygen atoms in total. The van der Waals surface area contributed by atoms with Gasteiger partial charge in [-0.3, -0.25) is 0 Å². The number of rotatable bonds is 3. The van der Waals surface area contributed by atoms with Crippen molar-refractivity contribution in [2.45, 2.75) is 0 Å². The maximum absolute atomic E-state index is 5.86. The van der Waals surface area contributed by atoms with Gasteiger partial charge in [0.2, 0.25) is 0 Å². The lowest BCUT2D eigenvalue weighted by molar-refractivity contribution is 0.369. The molecule has 0 aliphatic rings. The first-order valence-electron chi connectivity index (χ1n) is 6.13.